The molecule has 145 valence electrons. The predicted molar refractivity (Wildman–Crippen MR) is 110 cm³/mol. The Balaban J connectivity index is 0.00000146. The number of nitriles is 1. The molecule has 0 amide bonds. The van der Waals surface area contributed by atoms with Crippen LogP contribution in [0.3, 0.4) is 0 Å². The van der Waals surface area contributed by atoms with Gasteiger partial charge in [-0.2, -0.15) is 16.8 Å². The van der Waals surface area contributed by atoms with Gasteiger partial charge in [0.15, 0.2) is 0 Å². The molecule has 5 nitrogen and oxygen atoms in total. The molecule has 0 unspecified atom stereocenters. The monoisotopic (exact) mass is 521 g/mol. The second-order valence-electron chi connectivity index (χ2n) is 5.48. The number of benzene rings is 3. The first-order valence-corrected chi connectivity index (χ1v) is 8.87. The van der Waals surface area contributed by atoms with Crippen LogP contribution in [-0.4, -0.2) is 19.8 Å². The quantitative estimate of drug-likeness (QED) is 0.227. The number of rotatable bonds is 4. The van der Waals surface area contributed by atoms with Crippen LogP contribution in [0.15, 0.2) is 66.7 Å². The molecule has 0 fully saturated rings. The van der Waals surface area contributed by atoms with Crippen molar-refractivity contribution in [2.24, 2.45) is 0 Å². The van der Waals surface area contributed by atoms with Gasteiger partial charge in [0.2, 0.25) is 0 Å². The maximum Gasteiger partial charge on any atom is 0.343 e. The molecular weight excluding hydrogens is 504 g/mol. The van der Waals surface area contributed by atoms with Crippen LogP contribution in [0.2, 0.25) is 0 Å². The van der Waals surface area contributed by atoms with Crippen molar-refractivity contribution in [2.45, 2.75) is 13.8 Å². The molecule has 0 heterocycles. The Morgan fingerprint density at radius 2 is 1.40 bits per heavy atom. The molecule has 3 aromatic rings. The van der Waals surface area contributed by atoms with Gasteiger partial charge in [-0.1, -0.05) is 19.4 Å². The Morgan fingerprint density at radius 1 is 0.867 bits per heavy atom. The first-order chi connectivity index (χ1) is 14.0. The summed E-state index contributed by atoms with van der Waals surface area (Å²) in [6, 6.07) is 21.4. The fourth-order valence-corrected chi connectivity index (χ4v) is 2.15. The maximum atomic E-state index is 12.1. The van der Waals surface area contributed by atoms with Crippen molar-refractivity contribution in [1.82, 2.24) is 0 Å². The Bertz CT molecular complexity index is 1010. The molecule has 0 atom stereocenters. The van der Waals surface area contributed by atoms with Crippen LogP contribution in [-0.2, 0) is 0 Å². The number of esters is 2. The number of hydrogen-bond donors (Lipinski definition) is 0. The molecule has 30 heavy (non-hydrogen) atoms. The Labute approximate surface area is 205 Å². The predicted octanol–water partition coefficient (Wildman–Crippen LogP) is 3.62. The van der Waals surface area contributed by atoms with E-state index in [1.165, 1.54) is 48.5 Å². The Kier molecular flexibility index (Phi) is 10.8. The minimum atomic E-state index is -0.581. The van der Waals surface area contributed by atoms with Gasteiger partial charge in [0.05, 0.1) is 17.2 Å². The second-order valence-corrected chi connectivity index (χ2v) is 5.48. The summed E-state index contributed by atoms with van der Waals surface area (Å²) in [5.41, 5.74) is 1.50. The van der Waals surface area contributed by atoms with Crippen molar-refractivity contribution in [1.29, 1.82) is 5.26 Å². The fourth-order valence-electron chi connectivity index (χ4n) is 2.15. The summed E-state index contributed by atoms with van der Waals surface area (Å²) < 4.78 is 10.5. The van der Waals surface area contributed by atoms with Crippen molar-refractivity contribution in [2.75, 3.05) is 0 Å². The third-order valence-electron chi connectivity index (χ3n) is 3.55. The normalized spacial score (nSPS) is 9.10. The fraction of sp³-hybridized carbons (Fsp3) is 0.0870. The second kappa shape index (κ2) is 12.8. The first-order valence-electron chi connectivity index (χ1n) is 8.87. The van der Waals surface area contributed by atoms with E-state index < -0.39 is 11.9 Å². The van der Waals surface area contributed by atoms with Crippen molar-refractivity contribution < 1.29 is 54.7 Å². The Morgan fingerprint density at radius 3 is 1.90 bits per heavy atom. The molecular formula is C23H17BLaNO4-. The van der Waals surface area contributed by atoms with Gasteiger partial charge in [-0.05, 0) is 48.5 Å². The smallest absolute Gasteiger partial charge is 0.343 e. The molecule has 0 saturated carbocycles. The number of ether oxygens (including phenoxy) is 2. The topological polar surface area (TPSA) is 76.4 Å². The van der Waals surface area contributed by atoms with Crippen LogP contribution in [0.25, 0.3) is 0 Å². The van der Waals surface area contributed by atoms with Gasteiger partial charge in [0, 0.05) is 43.4 Å². The number of hydrogen-bond acceptors (Lipinski definition) is 5. The third kappa shape index (κ3) is 7.31. The van der Waals surface area contributed by atoms with E-state index in [1.54, 1.807) is 18.2 Å². The van der Waals surface area contributed by atoms with Gasteiger partial charge < -0.3 is 14.3 Å². The third-order valence-corrected chi connectivity index (χ3v) is 3.55. The largest absolute Gasteiger partial charge is 0.467 e. The SMILES string of the molecule is CC.[B]c1c[c-]c(C(=O)Oc2ccc(C(=O)Oc3ccc(C#N)cc3)cc2)cc1.[La]. The molecule has 0 N–H and O–H groups in total. The zero-order chi connectivity index (χ0) is 21.2. The van der Waals surface area contributed by atoms with Crippen LogP contribution < -0.4 is 14.9 Å². The molecule has 0 bridgehead atoms. The molecule has 3 aromatic carbocycles. The molecule has 3 rings (SSSR count). The van der Waals surface area contributed by atoms with Crippen LogP contribution in [0, 0.1) is 53.0 Å². The van der Waals surface area contributed by atoms with E-state index >= 15 is 0 Å². The molecule has 0 spiro atoms. The maximum absolute atomic E-state index is 12.1. The van der Waals surface area contributed by atoms with Crippen molar-refractivity contribution in [3.8, 4) is 17.6 Å². The molecule has 3 radical (unpaired) electrons. The average Bonchev–Trinajstić information content (AvgIpc) is 2.76. The van der Waals surface area contributed by atoms with Gasteiger partial charge in [-0.15, -0.1) is 18.2 Å². The van der Waals surface area contributed by atoms with Gasteiger partial charge in [-0.25, -0.2) is 4.79 Å². The van der Waals surface area contributed by atoms with Gasteiger partial charge >= 0.3 is 5.97 Å². The molecule has 0 aliphatic rings. The van der Waals surface area contributed by atoms with Crippen molar-refractivity contribution in [3.63, 3.8) is 0 Å². The summed E-state index contributed by atoms with van der Waals surface area (Å²) in [4.78, 5) is 24.2. The molecule has 0 aliphatic heterocycles. The van der Waals surface area contributed by atoms with E-state index in [4.69, 9.17) is 22.6 Å². The van der Waals surface area contributed by atoms with E-state index in [0.29, 0.717) is 22.3 Å². The number of carbonyl (C=O) groups excluding carboxylic acids is 2. The van der Waals surface area contributed by atoms with Gasteiger partial charge in [-0.3, -0.25) is 0 Å². The average molecular weight is 521 g/mol. The van der Waals surface area contributed by atoms with E-state index in [9.17, 15) is 9.59 Å². The summed E-state index contributed by atoms with van der Waals surface area (Å²) in [6.45, 7) is 4.00. The van der Waals surface area contributed by atoms with E-state index in [0.717, 1.165) is 0 Å². The Hall–Kier alpha value is -2.65. The minimum absolute atomic E-state index is 0. The molecule has 0 aromatic heterocycles. The van der Waals surface area contributed by atoms with Crippen LogP contribution in [0.5, 0.6) is 11.5 Å². The summed E-state index contributed by atoms with van der Waals surface area (Å²) in [6.07, 6.45) is 0. The number of nitrogens with zero attached hydrogens (tertiary/aromatic N) is 1. The van der Waals surface area contributed by atoms with Crippen LogP contribution in [0.1, 0.15) is 40.1 Å². The minimum Gasteiger partial charge on any atom is -0.467 e. The molecule has 0 aliphatic carbocycles. The van der Waals surface area contributed by atoms with E-state index in [2.05, 4.69) is 6.07 Å². The zero-order valence-corrected chi connectivity index (χ0v) is 20.2. The van der Waals surface area contributed by atoms with Crippen molar-refractivity contribution in [3.05, 3.63) is 89.5 Å². The van der Waals surface area contributed by atoms with Gasteiger partial charge in [0.1, 0.15) is 11.5 Å². The summed E-state index contributed by atoms with van der Waals surface area (Å²) >= 11 is 0. The summed E-state index contributed by atoms with van der Waals surface area (Å²) in [5.74, 6) is -0.541. The first kappa shape index (κ1) is 25.4. The standard InChI is InChI=1S/C21H11BNO4.C2H6.La/c22-17-7-3-15(4-8-17)20(24)27-19-11-5-16(6-12-19)21(25)26-18-9-1-14(13-23)2-10-18;1-2;/h1-3,5-12H;1-2H3;/q-1;;. The van der Waals surface area contributed by atoms with Crippen LogP contribution >= 0.6 is 0 Å². The molecule has 0 saturated heterocycles. The number of carbonyl (C=O) groups is 2. The van der Waals surface area contributed by atoms with E-state index in [1.807, 2.05) is 19.9 Å². The zero-order valence-electron chi connectivity index (χ0n) is 16.6. The van der Waals surface area contributed by atoms with E-state index in [-0.39, 0.29) is 46.9 Å². The summed E-state index contributed by atoms with van der Waals surface area (Å²) in [5, 5.41) is 8.76. The van der Waals surface area contributed by atoms with Gasteiger partial charge in [0.25, 0.3) is 5.97 Å². The molecule has 7 heteroatoms. The van der Waals surface area contributed by atoms with Crippen molar-refractivity contribution >= 4 is 25.2 Å². The summed E-state index contributed by atoms with van der Waals surface area (Å²) in [7, 11) is 5.55. The van der Waals surface area contributed by atoms with Crippen LogP contribution in [0.4, 0.5) is 0 Å².